The monoisotopic (exact) mass is 365 g/mol. The van der Waals surface area contributed by atoms with Gasteiger partial charge in [0, 0.05) is 15.8 Å². The fraction of sp³-hybridized carbons (Fsp3) is 0.294. The van der Waals surface area contributed by atoms with E-state index in [4.69, 9.17) is 0 Å². The van der Waals surface area contributed by atoms with E-state index in [1.807, 2.05) is 0 Å². The predicted octanol–water partition coefficient (Wildman–Crippen LogP) is 5.10. The van der Waals surface area contributed by atoms with Crippen LogP contribution in [0.25, 0.3) is 0 Å². The number of halogens is 1. The van der Waals surface area contributed by atoms with Crippen molar-refractivity contribution in [2.45, 2.75) is 26.8 Å². The summed E-state index contributed by atoms with van der Waals surface area (Å²) in [5.41, 5.74) is 3.95. The van der Waals surface area contributed by atoms with Gasteiger partial charge in [-0.05, 0) is 58.2 Å². The largest absolute Gasteiger partial charge is 0.380 e. The molecule has 0 unspecified atom stereocenters. The molecule has 2 aromatic carbocycles. The van der Waals surface area contributed by atoms with Gasteiger partial charge in [0.25, 0.3) is 0 Å². The topological polar surface area (TPSA) is 12.0 Å². The molecular formula is C17H20IN. The van der Waals surface area contributed by atoms with Crippen molar-refractivity contribution in [2.24, 2.45) is 5.92 Å². The van der Waals surface area contributed by atoms with Gasteiger partial charge in [0.2, 0.25) is 0 Å². The highest BCUT2D eigenvalue weighted by atomic mass is 127. The smallest absolute Gasteiger partial charge is 0.0478 e. The van der Waals surface area contributed by atoms with Gasteiger partial charge >= 0.3 is 0 Å². The van der Waals surface area contributed by atoms with Crippen LogP contribution in [-0.4, -0.2) is 0 Å². The Kier molecular flexibility index (Phi) is 5.25. The van der Waals surface area contributed by atoms with Crippen LogP contribution in [0.3, 0.4) is 0 Å². The molecule has 100 valence electrons. The maximum atomic E-state index is 3.48. The lowest BCUT2D eigenvalue weighted by Gasteiger charge is -2.10. The standard InChI is InChI=1S/C17H20IN/c1-13(2)11-14-7-9-15(10-8-14)12-19-17-6-4-3-5-16(17)18/h3-10,13,19H,11-12H2,1-2H3. The predicted molar refractivity (Wildman–Crippen MR) is 91.5 cm³/mol. The second-order valence-electron chi connectivity index (χ2n) is 5.25. The molecule has 0 radical (unpaired) electrons. The van der Waals surface area contributed by atoms with E-state index in [9.17, 15) is 0 Å². The summed E-state index contributed by atoms with van der Waals surface area (Å²) < 4.78 is 1.26. The summed E-state index contributed by atoms with van der Waals surface area (Å²) in [6.07, 6.45) is 1.16. The molecular weight excluding hydrogens is 345 g/mol. The Balaban J connectivity index is 1.95. The van der Waals surface area contributed by atoms with Crippen LogP contribution in [0.15, 0.2) is 48.5 Å². The van der Waals surface area contributed by atoms with Crippen molar-refractivity contribution < 1.29 is 0 Å². The third-order valence-electron chi connectivity index (χ3n) is 3.02. The van der Waals surface area contributed by atoms with Gasteiger partial charge in [0.05, 0.1) is 0 Å². The average molecular weight is 365 g/mol. The van der Waals surface area contributed by atoms with Crippen molar-refractivity contribution in [2.75, 3.05) is 5.32 Å². The normalized spacial score (nSPS) is 10.7. The fourth-order valence-corrected chi connectivity index (χ4v) is 2.64. The van der Waals surface area contributed by atoms with Crippen LogP contribution in [0.1, 0.15) is 25.0 Å². The summed E-state index contributed by atoms with van der Waals surface area (Å²) in [4.78, 5) is 0. The summed E-state index contributed by atoms with van der Waals surface area (Å²) in [5, 5.41) is 3.48. The Morgan fingerprint density at radius 2 is 1.58 bits per heavy atom. The number of rotatable bonds is 5. The molecule has 1 nitrogen and oxygen atoms in total. The van der Waals surface area contributed by atoms with Crippen molar-refractivity contribution in [3.8, 4) is 0 Å². The number of benzene rings is 2. The fourth-order valence-electron chi connectivity index (χ4n) is 2.07. The van der Waals surface area contributed by atoms with E-state index in [0.717, 1.165) is 18.9 Å². The molecule has 1 N–H and O–H groups in total. The Bertz CT molecular complexity index is 517. The van der Waals surface area contributed by atoms with Crippen molar-refractivity contribution in [1.29, 1.82) is 0 Å². The Hall–Kier alpha value is -1.03. The van der Waals surface area contributed by atoms with Gasteiger partial charge in [0.1, 0.15) is 0 Å². The highest BCUT2D eigenvalue weighted by molar-refractivity contribution is 14.1. The third kappa shape index (κ3) is 4.53. The van der Waals surface area contributed by atoms with Crippen molar-refractivity contribution in [1.82, 2.24) is 0 Å². The molecule has 0 heterocycles. The van der Waals surface area contributed by atoms with Gasteiger partial charge in [-0.3, -0.25) is 0 Å². The molecule has 0 aliphatic rings. The van der Waals surface area contributed by atoms with Gasteiger partial charge in [-0.1, -0.05) is 50.2 Å². The number of hydrogen-bond acceptors (Lipinski definition) is 1. The van der Waals surface area contributed by atoms with Gasteiger partial charge in [-0.2, -0.15) is 0 Å². The van der Waals surface area contributed by atoms with Gasteiger partial charge in [0.15, 0.2) is 0 Å². The Morgan fingerprint density at radius 3 is 2.21 bits per heavy atom. The minimum Gasteiger partial charge on any atom is -0.380 e. The molecule has 0 fully saturated rings. The quantitative estimate of drug-likeness (QED) is 0.727. The summed E-state index contributed by atoms with van der Waals surface area (Å²) in [6, 6.07) is 17.3. The summed E-state index contributed by atoms with van der Waals surface area (Å²) >= 11 is 2.36. The first-order valence-electron chi connectivity index (χ1n) is 6.71. The maximum Gasteiger partial charge on any atom is 0.0478 e. The van der Waals surface area contributed by atoms with Crippen LogP contribution < -0.4 is 5.32 Å². The van der Waals surface area contributed by atoms with Crippen LogP contribution in [0.2, 0.25) is 0 Å². The molecule has 0 saturated heterocycles. The number of anilines is 1. The van der Waals surface area contributed by atoms with Crippen molar-refractivity contribution in [3.63, 3.8) is 0 Å². The van der Waals surface area contributed by atoms with E-state index in [1.54, 1.807) is 0 Å². The van der Waals surface area contributed by atoms with E-state index >= 15 is 0 Å². The van der Waals surface area contributed by atoms with Crippen LogP contribution in [0.4, 0.5) is 5.69 Å². The highest BCUT2D eigenvalue weighted by Gasteiger charge is 2.00. The molecule has 0 amide bonds. The van der Waals surface area contributed by atoms with E-state index in [1.165, 1.54) is 20.4 Å². The molecule has 0 aromatic heterocycles. The lowest BCUT2D eigenvalue weighted by Crippen LogP contribution is -2.01. The second kappa shape index (κ2) is 6.94. The third-order valence-corrected chi connectivity index (χ3v) is 3.96. The van der Waals surface area contributed by atoms with Crippen LogP contribution in [0, 0.1) is 9.49 Å². The zero-order valence-electron chi connectivity index (χ0n) is 11.5. The molecule has 0 aliphatic heterocycles. The number of para-hydroxylation sites is 1. The van der Waals surface area contributed by atoms with Gasteiger partial charge < -0.3 is 5.32 Å². The lowest BCUT2D eigenvalue weighted by atomic mass is 10.0. The van der Waals surface area contributed by atoms with Crippen molar-refractivity contribution in [3.05, 3.63) is 63.2 Å². The minimum absolute atomic E-state index is 0.717. The van der Waals surface area contributed by atoms with Gasteiger partial charge in [-0.25, -0.2) is 0 Å². The first-order valence-corrected chi connectivity index (χ1v) is 7.79. The average Bonchev–Trinajstić information content (AvgIpc) is 2.39. The number of hydrogen-bond donors (Lipinski definition) is 1. The Labute approximate surface area is 129 Å². The molecule has 19 heavy (non-hydrogen) atoms. The van der Waals surface area contributed by atoms with Crippen LogP contribution >= 0.6 is 22.6 Å². The van der Waals surface area contributed by atoms with E-state index < -0.39 is 0 Å². The maximum absolute atomic E-state index is 3.48. The van der Waals surface area contributed by atoms with E-state index in [0.29, 0.717) is 0 Å². The molecule has 0 atom stereocenters. The first-order chi connectivity index (χ1) is 9.15. The molecule has 0 spiro atoms. The lowest BCUT2D eigenvalue weighted by molar-refractivity contribution is 0.647. The summed E-state index contributed by atoms with van der Waals surface area (Å²) in [7, 11) is 0. The Morgan fingerprint density at radius 1 is 0.947 bits per heavy atom. The minimum atomic E-state index is 0.717. The molecule has 0 aliphatic carbocycles. The van der Waals surface area contributed by atoms with E-state index in [2.05, 4.69) is 90.3 Å². The first kappa shape index (κ1) is 14.4. The van der Waals surface area contributed by atoms with Crippen molar-refractivity contribution >= 4 is 28.3 Å². The molecule has 2 aromatic rings. The molecule has 0 bridgehead atoms. The zero-order valence-corrected chi connectivity index (χ0v) is 13.6. The van der Waals surface area contributed by atoms with Crippen LogP contribution in [0.5, 0.6) is 0 Å². The zero-order chi connectivity index (χ0) is 13.7. The molecule has 2 rings (SSSR count). The SMILES string of the molecule is CC(C)Cc1ccc(CNc2ccccc2I)cc1. The highest BCUT2D eigenvalue weighted by Crippen LogP contribution is 2.18. The van der Waals surface area contributed by atoms with Gasteiger partial charge in [-0.15, -0.1) is 0 Å². The number of nitrogens with one attached hydrogen (secondary N) is 1. The molecule has 0 saturated carbocycles. The van der Waals surface area contributed by atoms with E-state index in [-0.39, 0.29) is 0 Å². The summed E-state index contributed by atoms with van der Waals surface area (Å²) in [5.74, 6) is 0.717. The molecule has 2 heteroatoms. The second-order valence-corrected chi connectivity index (χ2v) is 6.41. The summed E-state index contributed by atoms with van der Waals surface area (Å²) in [6.45, 7) is 5.39. The van der Waals surface area contributed by atoms with Crippen LogP contribution in [-0.2, 0) is 13.0 Å².